The molecule has 4 heterocycles. The maximum absolute atomic E-state index is 13.1. The van der Waals surface area contributed by atoms with Crippen LogP contribution in [0.15, 0.2) is 90.2 Å². The maximum atomic E-state index is 13.1. The summed E-state index contributed by atoms with van der Waals surface area (Å²) in [6.07, 6.45) is 6.31. The molecule has 0 aliphatic carbocycles. The summed E-state index contributed by atoms with van der Waals surface area (Å²) in [6.45, 7) is -0.291. The van der Waals surface area contributed by atoms with E-state index >= 15 is 0 Å². The van der Waals surface area contributed by atoms with Gasteiger partial charge in [-0.15, -0.1) is 0 Å². The first-order valence-electron chi connectivity index (χ1n) is 11.0. The Balaban J connectivity index is 1.26. The number of nitrogens with zero attached hydrogens (tertiary/aromatic N) is 5. The van der Waals surface area contributed by atoms with Crippen LogP contribution in [-0.2, 0) is 4.79 Å². The topological polar surface area (TPSA) is 103 Å². The van der Waals surface area contributed by atoms with Crippen molar-refractivity contribution < 1.29 is 9.53 Å². The Bertz CT molecular complexity index is 1820. The number of amides is 1. The minimum Gasteiger partial charge on any atom is -0.481 e. The van der Waals surface area contributed by atoms with E-state index in [1.165, 1.54) is 12.4 Å². The van der Waals surface area contributed by atoms with Crippen LogP contribution in [0.3, 0.4) is 0 Å². The van der Waals surface area contributed by atoms with E-state index in [4.69, 9.17) is 16.3 Å². The van der Waals surface area contributed by atoms with Crippen molar-refractivity contribution in [3.8, 4) is 16.9 Å². The Labute approximate surface area is 208 Å². The molecule has 176 valence electrons. The van der Waals surface area contributed by atoms with Gasteiger partial charge in [-0.05, 0) is 35.9 Å². The van der Waals surface area contributed by atoms with E-state index in [1.54, 1.807) is 41.2 Å². The van der Waals surface area contributed by atoms with Crippen LogP contribution in [0.2, 0.25) is 5.02 Å². The van der Waals surface area contributed by atoms with Crippen LogP contribution in [0.1, 0.15) is 0 Å². The average Bonchev–Trinajstić information content (AvgIpc) is 3.34. The van der Waals surface area contributed by atoms with E-state index in [2.05, 4.69) is 20.5 Å². The van der Waals surface area contributed by atoms with Crippen molar-refractivity contribution in [1.29, 1.82) is 0 Å². The Hall–Kier alpha value is -4.76. The zero-order chi connectivity index (χ0) is 24.6. The summed E-state index contributed by atoms with van der Waals surface area (Å²) in [5.74, 6) is -0.0154. The minimum atomic E-state index is -0.498. The number of halogens is 1. The number of ether oxygens (including phenoxy) is 1. The summed E-state index contributed by atoms with van der Waals surface area (Å²) < 4.78 is 8.37. The van der Waals surface area contributed by atoms with Crippen LogP contribution >= 0.6 is 11.6 Å². The third-order valence-corrected chi connectivity index (χ3v) is 6.00. The van der Waals surface area contributed by atoms with E-state index < -0.39 is 11.5 Å². The fourth-order valence-corrected chi connectivity index (χ4v) is 4.17. The SMILES string of the molecule is O=C(COc1cccc2cccnc12)Nn1ccc2c(cnc3c(-c4ccc(Cl)cc4)cnn32)c1=O. The standard InChI is InChI=1S/C26H17ClN6O3/c27-18-8-6-16(7-9-18)19-14-30-33-21-10-12-32(26(35)20(21)13-29-25(19)33)31-23(34)15-36-22-5-1-3-17-4-2-11-28-24(17)22/h1-14H,15H2,(H,31,34). The van der Waals surface area contributed by atoms with Gasteiger partial charge in [-0.1, -0.05) is 41.9 Å². The van der Waals surface area contributed by atoms with Crippen molar-refractivity contribution in [2.45, 2.75) is 0 Å². The molecule has 0 saturated heterocycles. The number of benzene rings is 2. The minimum absolute atomic E-state index is 0.291. The van der Waals surface area contributed by atoms with Crippen molar-refractivity contribution >= 4 is 45.0 Å². The van der Waals surface area contributed by atoms with E-state index in [1.807, 2.05) is 36.4 Å². The van der Waals surface area contributed by atoms with Crippen molar-refractivity contribution in [3.63, 3.8) is 0 Å². The number of carbonyl (C=O) groups is 1. The maximum Gasteiger partial charge on any atom is 0.280 e. The molecule has 1 amide bonds. The summed E-state index contributed by atoms with van der Waals surface area (Å²) in [4.78, 5) is 34.4. The first-order chi connectivity index (χ1) is 17.6. The summed E-state index contributed by atoms with van der Waals surface area (Å²) >= 11 is 6.00. The molecule has 0 unspecified atom stereocenters. The molecule has 4 aromatic heterocycles. The van der Waals surface area contributed by atoms with Gasteiger partial charge < -0.3 is 4.74 Å². The average molecular weight is 497 g/mol. The fourth-order valence-electron chi connectivity index (χ4n) is 4.04. The summed E-state index contributed by atoms with van der Waals surface area (Å²) in [5.41, 5.74) is 5.65. The summed E-state index contributed by atoms with van der Waals surface area (Å²) in [6, 6.07) is 18.3. The van der Waals surface area contributed by atoms with Gasteiger partial charge in [0, 0.05) is 34.6 Å². The molecule has 0 fully saturated rings. The van der Waals surface area contributed by atoms with Gasteiger partial charge in [0.25, 0.3) is 11.5 Å². The first kappa shape index (κ1) is 21.8. The Morgan fingerprint density at radius 2 is 1.83 bits per heavy atom. The normalized spacial score (nSPS) is 11.2. The lowest BCUT2D eigenvalue weighted by molar-refractivity contribution is -0.119. The fraction of sp³-hybridized carbons (Fsp3) is 0.0385. The zero-order valence-corrected chi connectivity index (χ0v) is 19.4. The van der Waals surface area contributed by atoms with Gasteiger partial charge >= 0.3 is 0 Å². The van der Waals surface area contributed by atoms with Crippen LogP contribution in [-0.4, -0.2) is 36.8 Å². The largest absolute Gasteiger partial charge is 0.481 e. The molecule has 1 N–H and O–H groups in total. The van der Waals surface area contributed by atoms with Crippen LogP contribution < -0.4 is 15.7 Å². The predicted octanol–water partition coefficient (Wildman–Crippen LogP) is 4.06. The molecule has 36 heavy (non-hydrogen) atoms. The third-order valence-electron chi connectivity index (χ3n) is 5.75. The Kier molecular flexibility index (Phi) is 5.31. The zero-order valence-electron chi connectivity index (χ0n) is 18.6. The summed E-state index contributed by atoms with van der Waals surface area (Å²) in [5, 5.41) is 6.26. The lowest BCUT2D eigenvalue weighted by atomic mass is 10.1. The second kappa shape index (κ2) is 8.79. The number of rotatable bonds is 5. The van der Waals surface area contributed by atoms with E-state index in [0.29, 0.717) is 32.8 Å². The highest BCUT2D eigenvalue weighted by atomic mass is 35.5. The molecule has 0 radical (unpaired) electrons. The molecule has 0 atom stereocenters. The highest BCUT2D eigenvalue weighted by Gasteiger charge is 2.14. The van der Waals surface area contributed by atoms with Gasteiger partial charge in [0.1, 0.15) is 11.3 Å². The van der Waals surface area contributed by atoms with Gasteiger partial charge in [0.05, 0.1) is 17.1 Å². The molecule has 2 aromatic carbocycles. The predicted molar refractivity (Wildman–Crippen MR) is 137 cm³/mol. The molecule has 0 aliphatic heterocycles. The number of aromatic nitrogens is 5. The van der Waals surface area contributed by atoms with E-state index in [0.717, 1.165) is 21.2 Å². The van der Waals surface area contributed by atoms with Crippen LogP contribution in [0.25, 0.3) is 38.6 Å². The molecule has 10 heteroatoms. The molecular weight excluding hydrogens is 480 g/mol. The van der Waals surface area contributed by atoms with Gasteiger partial charge in [0.2, 0.25) is 0 Å². The number of pyridine rings is 2. The lowest BCUT2D eigenvalue weighted by Crippen LogP contribution is -2.35. The molecule has 0 bridgehead atoms. The van der Waals surface area contributed by atoms with Gasteiger partial charge in [-0.25, -0.2) is 14.2 Å². The lowest BCUT2D eigenvalue weighted by Gasteiger charge is -2.11. The Morgan fingerprint density at radius 3 is 2.69 bits per heavy atom. The monoisotopic (exact) mass is 496 g/mol. The number of hydrogen-bond acceptors (Lipinski definition) is 6. The van der Waals surface area contributed by atoms with Crippen LogP contribution in [0.4, 0.5) is 0 Å². The third kappa shape index (κ3) is 3.81. The van der Waals surface area contributed by atoms with Gasteiger partial charge in [-0.2, -0.15) is 5.10 Å². The molecule has 6 rings (SSSR count). The highest BCUT2D eigenvalue weighted by molar-refractivity contribution is 6.30. The second-order valence-corrected chi connectivity index (χ2v) is 8.44. The summed E-state index contributed by atoms with van der Waals surface area (Å²) in [7, 11) is 0. The van der Waals surface area contributed by atoms with E-state index in [-0.39, 0.29) is 6.61 Å². The second-order valence-electron chi connectivity index (χ2n) is 8.00. The van der Waals surface area contributed by atoms with Crippen LogP contribution in [0, 0.1) is 0 Å². The van der Waals surface area contributed by atoms with Crippen molar-refractivity contribution in [1.82, 2.24) is 24.3 Å². The number of para-hydroxylation sites is 1. The molecule has 0 spiro atoms. The smallest absolute Gasteiger partial charge is 0.280 e. The Morgan fingerprint density at radius 1 is 1.00 bits per heavy atom. The quantitative estimate of drug-likeness (QED) is 0.386. The number of fused-ring (bicyclic) bond motifs is 4. The number of carbonyl (C=O) groups excluding carboxylic acids is 1. The van der Waals surface area contributed by atoms with Gasteiger partial charge in [0.15, 0.2) is 12.3 Å². The number of nitrogens with one attached hydrogen (secondary N) is 1. The molecule has 6 aromatic rings. The van der Waals surface area contributed by atoms with Crippen molar-refractivity contribution in [2.24, 2.45) is 0 Å². The molecule has 9 nitrogen and oxygen atoms in total. The first-order valence-corrected chi connectivity index (χ1v) is 11.4. The van der Waals surface area contributed by atoms with Gasteiger partial charge in [-0.3, -0.25) is 20.0 Å². The van der Waals surface area contributed by atoms with Crippen molar-refractivity contribution in [2.75, 3.05) is 12.0 Å². The van der Waals surface area contributed by atoms with Crippen LogP contribution in [0.5, 0.6) is 5.75 Å². The van der Waals surface area contributed by atoms with E-state index in [9.17, 15) is 9.59 Å². The molecule has 0 aliphatic rings. The van der Waals surface area contributed by atoms with Crippen molar-refractivity contribution in [3.05, 3.63) is 101 Å². The molecular formula is C26H17ClN6O3. The highest BCUT2D eigenvalue weighted by Crippen LogP contribution is 2.26. The number of hydrogen-bond donors (Lipinski definition) is 1. The molecule has 0 saturated carbocycles.